The van der Waals surface area contributed by atoms with Crippen molar-refractivity contribution in [1.82, 2.24) is 14.5 Å². The maximum atomic E-state index is 9.64. The molecule has 3 heterocycles. The van der Waals surface area contributed by atoms with E-state index in [4.69, 9.17) is 33.2 Å². The molecule has 0 aliphatic heterocycles. The normalized spacial score (nSPS) is 19.0. The van der Waals surface area contributed by atoms with Crippen LogP contribution in [0.4, 0.5) is 0 Å². The zero-order valence-corrected chi connectivity index (χ0v) is 23.9. The second-order valence-electron chi connectivity index (χ2n) is 10.3. The zero-order chi connectivity index (χ0) is 53.4. The number of hydrogen-bond donors (Lipinski definition) is 0. The number of furan rings is 1. The molecule has 10 rings (SSSR count). The monoisotopic (exact) mass is 638 g/mol. The van der Waals surface area contributed by atoms with Crippen LogP contribution >= 0.6 is 0 Å². The molecule has 0 saturated heterocycles. The van der Waals surface area contributed by atoms with Gasteiger partial charge in [0.05, 0.1) is 67.7 Å². The van der Waals surface area contributed by atoms with Crippen LogP contribution in [0.25, 0.3) is 94.1 Å². The topological polar surface area (TPSA) is 43.9 Å². The summed E-state index contributed by atoms with van der Waals surface area (Å²) >= 11 is 0. The zero-order valence-electron chi connectivity index (χ0n) is 48.9. The van der Waals surface area contributed by atoms with Gasteiger partial charge in [-0.25, -0.2) is 9.97 Å². The van der Waals surface area contributed by atoms with Gasteiger partial charge < -0.3 is 8.98 Å². The van der Waals surface area contributed by atoms with Crippen molar-refractivity contribution in [1.29, 1.82) is 0 Å². The van der Waals surface area contributed by atoms with Crippen molar-refractivity contribution in [3.05, 3.63) is 163 Å². The van der Waals surface area contributed by atoms with E-state index in [9.17, 15) is 5.48 Å². The molecule has 0 spiro atoms. The van der Waals surface area contributed by atoms with E-state index < -0.39 is 229 Å². The average molecular weight is 639 g/mol. The van der Waals surface area contributed by atoms with Gasteiger partial charge in [0.1, 0.15) is 11.2 Å². The molecule has 0 aliphatic rings. The lowest BCUT2D eigenvalue weighted by Gasteiger charge is -2.13. The molecular formula is C44H27N3O. The first-order valence-electron chi connectivity index (χ1n) is 26.6. The first-order chi connectivity index (χ1) is 34.2. The molecule has 0 bridgehead atoms. The second kappa shape index (κ2) is 10.5. The Balaban J connectivity index is 1.39. The van der Waals surface area contributed by atoms with Crippen molar-refractivity contribution < 1.29 is 38.7 Å². The molecular weight excluding hydrogens is 587 g/mol. The van der Waals surface area contributed by atoms with Crippen LogP contribution in [0.15, 0.2) is 168 Å². The standard InChI is InChI=1S/C44H27N3O/c1-2-12-28(13-3-1)29-14-10-15-30(26-29)43-44(46-37-20-7-6-19-36(37)45-43)35-18-11-23-40-42(35)34-25-24-31(27-41(34)48-40)47-38-21-8-4-16-32(38)33-17-5-9-22-39(33)47/h1-27H/i1D,2D,3D,4D,5D,6D,7D,8D,9D,10D,11D,12D,13D,14D,16D,17D,18D,19D,20D,21D,22D,23D,25D,26D,27D. The van der Waals surface area contributed by atoms with Crippen molar-refractivity contribution in [2.24, 2.45) is 0 Å². The Morgan fingerprint density at radius 2 is 1.15 bits per heavy atom. The molecule has 0 aliphatic carbocycles. The molecule has 48 heavy (non-hydrogen) atoms. The molecule has 0 fully saturated rings. The summed E-state index contributed by atoms with van der Waals surface area (Å²) in [5.41, 5.74) is -6.99. The van der Waals surface area contributed by atoms with Crippen LogP contribution in [0.5, 0.6) is 0 Å². The van der Waals surface area contributed by atoms with Crippen LogP contribution in [-0.2, 0) is 0 Å². The van der Waals surface area contributed by atoms with Crippen LogP contribution < -0.4 is 0 Å². The summed E-state index contributed by atoms with van der Waals surface area (Å²) in [5, 5.41) is -1.44. The molecule has 4 nitrogen and oxygen atoms in total. The molecule has 7 aromatic carbocycles. The Labute approximate surface area is 311 Å². The first-order valence-corrected chi connectivity index (χ1v) is 14.1. The number of aromatic nitrogens is 3. The van der Waals surface area contributed by atoms with E-state index in [1.807, 2.05) is 0 Å². The number of para-hydroxylation sites is 4. The van der Waals surface area contributed by atoms with E-state index in [0.717, 1.165) is 16.7 Å². The van der Waals surface area contributed by atoms with Crippen molar-refractivity contribution in [2.75, 3.05) is 0 Å². The van der Waals surface area contributed by atoms with Gasteiger partial charge >= 0.3 is 0 Å². The van der Waals surface area contributed by atoms with E-state index in [1.165, 1.54) is 0 Å². The Morgan fingerprint density at radius 1 is 0.479 bits per heavy atom. The van der Waals surface area contributed by atoms with Gasteiger partial charge in [-0.15, -0.1) is 0 Å². The van der Waals surface area contributed by atoms with E-state index in [1.54, 1.807) is 0 Å². The quantitative estimate of drug-likeness (QED) is 0.193. The maximum absolute atomic E-state index is 9.64. The van der Waals surface area contributed by atoms with Gasteiger partial charge in [0, 0.05) is 44.4 Å². The highest BCUT2D eigenvalue weighted by Crippen LogP contribution is 2.41. The van der Waals surface area contributed by atoms with Crippen molar-refractivity contribution >= 4 is 54.8 Å². The van der Waals surface area contributed by atoms with Gasteiger partial charge in [-0.1, -0.05) is 109 Å². The van der Waals surface area contributed by atoms with E-state index in [-0.39, 0.29) is 16.2 Å². The van der Waals surface area contributed by atoms with Crippen LogP contribution in [0, 0.1) is 0 Å². The third-order valence-corrected chi connectivity index (χ3v) is 7.63. The summed E-state index contributed by atoms with van der Waals surface area (Å²) in [6.45, 7) is 0. The third kappa shape index (κ3) is 4.10. The number of benzene rings is 7. The predicted octanol–water partition coefficient (Wildman–Crippen LogP) is 11.6. The summed E-state index contributed by atoms with van der Waals surface area (Å²) in [5.74, 6) is 0. The summed E-state index contributed by atoms with van der Waals surface area (Å²) in [6, 6.07) is -17.2. The minimum Gasteiger partial charge on any atom is -0.456 e. The Hall–Kier alpha value is -6.52. The van der Waals surface area contributed by atoms with E-state index >= 15 is 0 Å². The number of nitrogens with zero attached hydrogens (tertiary/aromatic N) is 3. The smallest absolute Gasteiger partial charge is 0.137 e. The number of hydrogen-bond acceptors (Lipinski definition) is 3. The molecule has 0 N–H and O–H groups in total. The molecule has 4 heteroatoms. The summed E-state index contributed by atoms with van der Waals surface area (Å²) in [7, 11) is 0. The molecule has 0 unspecified atom stereocenters. The average Bonchev–Trinajstić information content (AvgIpc) is 3.95. The lowest BCUT2D eigenvalue weighted by Crippen LogP contribution is -1.96. The van der Waals surface area contributed by atoms with Gasteiger partial charge in [0.2, 0.25) is 0 Å². The Bertz CT molecular complexity index is 4170. The van der Waals surface area contributed by atoms with Crippen molar-refractivity contribution in [3.8, 4) is 39.3 Å². The van der Waals surface area contributed by atoms with Gasteiger partial charge in [-0.2, -0.15) is 0 Å². The fourth-order valence-corrected chi connectivity index (χ4v) is 5.61. The summed E-state index contributed by atoms with van der Waals surface area (Å²) in [6.07, 6.45) is 0. The SMILES string of the molecule is [2H]c1cc(-c2nc3c([2H])c([2H])c([2H])c([2H])c3nc2-c2c([2H])c([2H])c([2H])c3oc4c([2H])c(-n5c6c([2H])c([2H])c([2H])c([2H])c6c6c([2H])c([2H])c([2H])c([2H])c65)cc([2H])c4c23)c([2H])c(-c2c([2H])c([2H])c([2H])c([2H])c2[2H])c1[2H]. The third-order valence-electron chi connectivity index (χ3n) is 7.63. The summed E-state index contributed by atoms with van der Waals surface area (Å²) < 4.78 is 227. The minimum absolute atomic E-state index is 0.338. The van der Waals surface area contributed by atoms with Crippen LogP contribution in [0.2, 0.25) is 0 Å². The van der Waals surface area contributed by atoms with Crippen LogP contribution in [0.3, 0.4) is 0 Å². The molecule has 0 saturated carbocycles. The molecule has 0 atom stereocenters. The second-order valence-corrected chi connectivity index (χ2v) is 10.3. The van der Waals surface area contributed by atoms with Crippen LogP contribution in [-0.4, -0.2) is 14.5 Å². The van der Waals surface area contributed by atoms with Crippen molar-refractivity contribution in [2.45, 2.75) is 0 Å². The van der Waals surface area contributed by atoms with Crippen LogP contribution in [0.1, 0.15) is 34.3 Å². The predicted molar refractivity (Wildman–Crippen MR) is 197 cm³/mol. The molecule has 224 valence electrons. The van der Waals surface area contributed by atoms with E-state index in [0.29, 0.717) is 0 Å². The maximum Gasteiger partial charge on any atom is 0.137 e. The molecule has 0 radical (unpaired) electrons. The largest absolute Gasteiger partial charge is 0.456 e. The molecule has 10 aromatic rings. The lowest BCUT2D eigenvalue weighted by atomic mass is 9.96. The van der Waals surface area contributed by atoms with Gasteiger partial charge in [-0.3, -0.25) is 0 Å². The highest BCUT2D eigenvalue weighted by molar-refractivity contribution is 6.14. The highest BCUT2D eigenvalue weighted by Gasteiger charge is 2.20. The Kier molecular flexibility index (Phi) is 2.61. The fourth-order valence-electron chi connectivity index (χ4n) is 5.61. The van der Waals surface area contributed by atoms with Crippen molar-refractivity contribution in [3.63, 3.8) is 0 Å². The van der Waals surface area contributed by atoms with E-state index in [2.05, 4.69) is 9.97 Å². The van der Waals surface area contributed by atoms with Gasteiger partial charge in [-0.05, 0) is 59.5 Å². The number of rotatable bonds is 4. The Morgan fingerprint density at radius 3 is 1.92 bits per heavy atom. The highest BCUT2D eigenvalue weighted by atomic mass is 16.3. The number of fused-ring (bicyclic) bond motifs is 7. The summed E-state index contributed by atoms with van der Waals surface area (Å²) in [4.78, 5) is 9.13. The minimum atomic E-state index is -0.870. The fraction of sp³-hybridized carbons (Fsp3) is 0. The van der Waals surface area contributed by atoms with Gasteiger partial charge in [0.25, 0.3) is 0 Å². The molecule has 3 aromatic heterocycles. The molecule has 0 amide bonds. The lowest BCUT2D eigenvalue weighted by molar-refractivity contribution is 0.668. The first kappa shape index (κ1) is 11.9. The van der Waals surface area contributed by atoms with Gasteiger partial charge in [0.15, 0.2) is 0 Å².